The van der Waals surface area contributed by atoms with Crippen LogP contribution >= 0.6 is 0 Å². The number of rotatable bonds is 6. The zero-order chi connectivity index (χ0) is 19.9. The molecule has 2 aromatic rings. The summed E-state index contributed by atoms with van der Waals surface area (Å²) >= 11 is 0. The third-order valence-corrected chi connectivity index (χ3v) is 4.58. The third-order valence-electron chi connectivity index (χ3n) is 4.58. The van der Waals surface area contributed by atoms with Gasteiger partial charge < -0.3 is 25.4 Å². The van der Waals surface area contributed by atoms with Crippen LogP contribution in [0.2, 0.25) is 0 Å². The zero-order valence-corrected chi connectivity index (χ0v) is 15.7. The molecule has 3 N–H and O–H groups in total. The molecule has 0 spiro atoms. The van der Waals surface area contributed by atoms with Gasteiger partial charge in [0.25, 0.3) is 0 Å². The molecule has 3 amide bonds. The summed E-state index contributed by atoms with van der Waals surface area (Å²) in [7, 11) is 0. The first-order valence-electron chi connectivity index (χ1n) is 9.18. The van der Waals surface area contributed by atoms with Crippen LogP contribution in [0.5, 0.6) is 0 Å². The molecule has 8 heteroatoms. The van der Waals surface area contributed by atoms with Crippen LogP contribution in [0.1, 0.15) is 24.2 Å². The van der Waals surface area contributed by atoms with Crippen molar-refractivity contribution in [2.45, 2.75) is 25.6 Å². The summed E-state index contributed by atoms with van der Waals surface area (Å²) in [5, 5.41) is 15.4. The number of anilines is 1. The fourth-order valence-corrected chi connectivity index (χ4v) is 3.20. The van der Waals surface area contributed by atoms with Crippen LogP contribution in [-0.4, -0.2) is 52.7 Å². The van der Waals surface area contributed by atoms with Crippen molar-refractivity contribution >= 4 is 17.6 Å². The second kappa shape index (κ2) is 9.29. The molecule has 8 nitrogen and oxygen atoms in total. The summed E-state index contributed by atoms with van der Waals surface area (Å²) in [6, 6.07) is 10.1. The lowest BCUT2D eigenvalue weighted by atomic mass is 9.98. The fraction of sp³-hybridized carbons (Fsp3) is 0.350. The summed E-state index contributed by atoms with van der Waals surface area (Å²) in [6.07, 6.45) is 2.89. The molecule has 0 saturated carbocycles. The molecule has 148 valence electrons. The minimum absolute atomic E-state index is 0.0504. The van der Waals surface area contributed by atoms with Crippen LogP contribution in [0.15, 0.2) is 48.8 Å². The lowest BCUT2D eigenvalue weighted by molar-refractivity contribution is -0.162. The third kappa shape index (κ3) is 4.65. The van der Waals surface area contributed by atoms with Gasteiger partial charge in [-0.1, -0.05) is 12.1 Å². The van der Waals surface area contributed by atoms with Crippen LogP contribution < -0.4 is 10.6 Å². The topological polar surface area (TPSA) is 104 Å². The van der Waals surface area contributed by atoms with Crippen LogP contribution in [0, 0.1) is 0 Å². The summed E-state index contributed by atoms with van der Waals surface area (Å²) < 4.78 is 5.74. The molecule has 2 unspecified atom stereocenters. The van der Waals surface area contributed by atoms with E-state index >= 15 is 0 Å². The maximum Gasteiger partial charge on any atom is 0.319 e. The Hall–Kier alpha value is -2.97. The van der Waals surface area contributed by atoms with Gasteiger partial charge in [0, 0.05) is 31.2 Å². The largest absolute Gasteiger partial charge is 0.394 e. The molecular weight excluding hydrogens is 360 g/mol. The van der Waals surface area contributed by atoms with Gasteiger partial charge in [0.05, 0.1) is 12.6 Å². The first-order chi connectivity index (χ1) is 13.6. The van der Waals surface area contributed by atoms with Gasteiger partial charge in [-0.15, -0.1) is 0 Å². The molecule has 1 aromatic heterocycles. The van der Waals surface area contributed by atoms with Crippen molar-refractivity contribution in [2.75, 3.05) is 25.1 Å². The van der Waals surface area contributed by atoms with E-state index in [0.717, 1.165) is 11.1 Å². The zero-order valence-electron chi connectivity index (χ0n) is 15.7. The Morgan fingerprint density at radius 3 is 2.61 bits per heavy atom. The number of ether oxygens (including phenoxy) is 1. The molecule has 1 aromatic carbocycles. The highest BCUT2D eigenvalue weighted by molar-refractivity contribution is 5.89. The van der Waals surface area contributed by atoms with Crippen molar-refractivity contribution in [1.29, 1.82) is 0 Å². The number of hydrogen-bond acceptors (Lipinski definition) is 5. The van der Waals surface area contributed by atoms with E-state index in [1.807, 2.05) is 31.2 Å². The predicted octanol–water partition coefficient (Wildman–Crippen LogP) is 1.68. The molecule has 1 aliphatic rings. The Morgan fingerprint density at radius 2 is 1.96 bits per heavy atom. The molecule has 0 radical (unpaired) electrons. The number of pyridine rings is 1. The van der Waals surface area contributed by atoms with Crippen LogP contribution in [0.3, 0.4) is 0 Å². The van der Waals surface area contributed by atoms with Crippen LogP contribution in [0.4, 0.5) is 10.5 Å². The number of aromatic nitrogens is 1. The number of carbonyl (C=O) groups excluding carboxylic acids is 2. The van der Waals surface area contributed by atoms with Gasteiger partial charge in [0.1, 0.15) is 12.7 Å². The molecule has 0 aliphatic carbocycles. The molecule has 1 saturated heterocycles. The van der Waals surface area contributed by atoms with E-state index in [1.165, 1.54) is 0 Å². The molecule has 1 aliphatic heterocycles. The maximum atomic E-state index is 12.4. The summed E-state index contributed by atoms with van der Waals surface area (Å²) in [6.45, 7) is 2.49. The van der Waals surface area contributed by atoms with Gasteiger partial charge in [-0.05, 0) is 42.3 Å². The highest BCUT2D eigenvalue weighted by Gasteiger charge is 2.37. The van der Waals surface area contributed by atoms with E-state index in [9.17, 15) is 14.7 Å². The van der Waals surface area contributed by atoms with Crippen molar-refractivity contribution < 1.29 is 19.4 Å². The number of urea groups is 1. The minimum Gasteiger partial charge on any atom is -0.394 e. The highest BCUT2D eigenvalue weighted by atomic mass is 16.5. The quantitative estimate of drug-likeness (QED) is 0.703. The van der Waals surface area contributed by atoms with E-state index in [4.69, 9.17) is 4.74 Å². The Morgan fingerprint density at radius 1 is 1.25 bits per heavy atom. The van der Waals surface area contributed by atoms with Crippen LogP contribution in [0.25, 0.3) is 0 Å². The molecule has 2 atom stereocenters. The first-order valence-corrected chi connectivity index (χ1v) is 9.18. The monoisotopic (exact) mass is 384 g/mol. The number of morpholine rings is 1. The van der Waals surface area contributed by atoms with Crippen molar-refractivity contribution in [2.24, 2.45) is 0 Å². The SMILES string of the molecule is CCNC(=O)Nc1ccc(C2OCC(=O)N(Cc3ccncc3)C2CO)cc1. The lowest BCUT2D eigenvalue weighted by Crippen LogP contribution is -2.52. The van der Waals surface area contributed by atoms with Gasteiger partial charge in [-0.3, -0.25) is 9.78 Å². The van der Waals surface area contributed by atoms with Crippen molar-refractivity contribution in [3.63, 3.8) is 0 Å². The molecule has 0 bridgehead atoms. The molecule has 3 rings (SSSR count). The number of aliphatic hydroxyl groups is 1. The second-order valence-corrected chi connectivity index (χ2v) is 6.47. The van der Waals surface area contributed by atoms with Crippen molar-refractivity contribution in [1.82, 2.24) is 15.2 Å². The second-order valence-electron chi connectivity index (χ2n) is 6.47. The van der Waals surface area contributed by atoms with E-state index in [2.05, 4.69) is 15.6 Å². The Kier molecular flexibility index (Phi) is 6.57. The van der Waals surface area contributed by atoms with Crippen molar-refractivity contribution in [3.05, 3.63) is 59.9 Å². The van der Waals surface area contributed by atoms with E-state index in [0.29, 0.717) is 18.8 Å². The number of hydrogen-bond donors (Lipinski definition) is 3. The molecule has 2 heterocycles. The predicted molar refractivity (Wildman–Crippen MR) is 103 cm³/mol. The van der Waals surface area contributed by atoms with Crippen molar-refractivity contribution in [3.8, 4) is 0 Å². The summed E-state index contributed by atoms with van der Waals surface area (Å²) in [4.78, 5) is 29.7. The average Bonchev–Trinajstić information content (AvgIpc) is 2.71. The Balaban J connectivity index is 1.75. The molecular formula is C20H24N4O4. The first kappa shape index (κ1) is 19.8. The van der Waals surface area contributed by atoms with Gasteiger partial charge in [-0.2, -0.15) is 0 Å². The maximum absolute atomic E-state index is 12.4. The molecule has 1 fully saturated rings. The smallest absolute Gasteiger partial charge is 0.319 e. The van der Waals surface area contributed by atoms with Gasteiger partial charge in [0.15, 0.2) is 0 Å². The number of nitrogens with one attached hydrogen (secondary N) is 2. The van der Waals surface area contributed by atoms with E-state index in [-0.39, 0.29) is 25.2 Å². The average molecular weight is 384 g/mol. The van der Waals surface area contributed by atoms with Gasteiger partial charge in [0.2, 0.25) is 5.91 Å². The number of nitrogens with zero attached hydrogens (tertiary/aromatic N) is 2. The Labute approximate surface area is 163 Å². The highest BCUT2D eigenvalue weighted by Crippen LogP contribution is 2.30. The van der Waals surface area contributed by atoms with Crippen LogP contribution in [-0.2, 0) is 16.1 Å². The minimum atomic E-state index is -0.503. The normalized spacial score (nSPS) is 19.4. The summed E-state index contributed by atoms with van der Waals surface area (Å²) in [5.74, 6) is -0.165. The standard InChI is InChI=1S/C20H24N4O4/c1-2-22-20(27)23-16-5-3-15(4-6-16)19-17(12-25)24(18(26)13-28-19)11-14-7-9-21-10-8-14/h3-10,17,19,25H,2,11-13H2,1H3,(H2,22,23,27). The molecule has 28 heavy (non-hydrogen) atoms. The van der Waals surface area contributed by atoms with Gasteiger partial charge in [-0.25, -0.2) is 4.79 Å². The van der Waals surface area contributed by atoms with E-state index < -0.39 is 12.1 Å². The Bertz CT molecular complexity index is 798. The van der Waals surface area contributed by atoms with Gasteiger partial charge >= 0.3 is 6.03 Å². The number of carbonyl (C=O) groups is 2. The fourth-order valence-electron chi connectivity index (χ4n) is 3.20. The number of benzene rings is 1. The lowest BCUT2D eigenvalue weighted by Gasteiger charge is -2.40. The summed E-state index contributed by atoms with van der Waals surface area (Å²) in [5.41, 5.74) is 2.41. The van der Waals surface area contributed by atoms with E-state index in [1.54, 1.807) is 29.4 Å². The number of amides is 3. The number of aliphatic hydroxyl groups excluding tert-OH is 1.